The second-order valence-corrected chi connectivity index (χ2v) is 8.73. The second-order valence-electron chi connectivity index (χ2n) is 8.73. The van der Waals surface area contributed by atoms with Gasteiger partial charge in [-0.3, -0.25) is 10.1 Å². The number of carbonyl (C=O) groups is 3. The van der Waals surface area contributed by atoms with E-state index in [4.69, 9.17) is 4.74 Å². The monoisotopic (exact) mass is 423 g/mol. The summed E-state index contributed by atoms with van der Waals surface area (Å²) in [4.78, 5) is 38.1. The maximum Gasteiger partial charge on any atom is 0.410 e. The number of carbonyl (C=O) groups excluding carboxylic acids is 3. The Morgan fingerprint density at radius 2 is 1.80 bits per heavy atom. The molecule has 2 saturated heterocycles. The number of halogens is 2. The number of nitrogens with zero attached hydrogens (tertiary/aromatic N) is 2. The smallest absolute Gasteiger partial charge is 0.410 e. The molecule has 3 rings (SSSR count). The quantitative estimate of drug-likeness (QED) is 0.807. The van der Waals surface area contributed by atoms with Crippen LogP contribution in [-0.4, -0.2) is 53.1 Å². The zero-order chi connectivity index (χ0) is 22.1. The molecule has 0 spiro atoms. The number of amides is 4. The number of ether oxygens (including phenoxy) is 1. The first-order valence-corrected chi connectivity index (χ1v) is 10.1. The number of benzene rings is 1. The Kier molecular flexibility index (Phi) is 6.28. The molecule has 0 bridgehead atoms. The zero-order valence-electron chi connectivity index (χ0n) is 17.5. The molecule has 7 nitrogen and oxygen atoms in total. The van der Waals surface area contributed by atoms with E-state index in [9.17, 15) is 23.2 Å². The topological polar surface area (TPSA) is 79.0 Å². The molecule has 0 saturated carbocycles. The van der Waals surface area contributed by atoms with Gasteiger partial charge in [0.05, 0.1) is 6.54 Å². The molecule has 0 atom stereocenters. The Balaban J connectivity index is 1.64. The molecule has 0 aliphatic carbocycles. The highest BCUT2D eigenvalue weighted by atomic mass is 19.1. The van der Waals surface area contributed by atoms with Gasteiger partial charge in [0, 0.05) is 31.6 Å². The molecule has 4 amide bonds. The van der Waals surface area contributed by atoms with Gasteiger partial charge in [-0.2, -0.15) is 0 Å². The minimum Gasteiger partial charge on any atom is -0.444 e. The van der Waals surface area contributed by atoms with Gasteiger partial charge in [-0.05, 0) is 57.2 Å². The van der Waals surface area contributed by atoms with Gasteiger partial charge in [-0.1, -0.05) is 0 Å². The van der Waals surface area contributed by atoms with E-state index in [0.717, 1.165) is 6.07 Å². The van der Waals surface area contributed by atoms with Gasteiger partial charge in [0.25, 0.3) is 0 Å². The van der Waals surface area contributed by atoms with Crippen LogP contribution in [0.15, 0.2) is 12.1 Å². The van der Waals surface area contributed by atoms with Crippen LogP contribution in [-0.2, 0) is 16.1 Å². The normalized spacial score (nSPS) is 18.4. The van der Waals surface area contributed by atoms with Crippen molar-refractivity contribution in [3.8, 4) is 0 Å². The van der Waals surface area contributed by atoms with Crippen molar-refractivity contribution in [2.24, 2.45) is 0 Å². The molecule has 2 heterocycles. The molecule has 2 aliphatic heterocycles. The van der Waals surface area contributed by atoms with Crippen LogP contribution in [0.1, 0.15) is 57.1 Å². The Bertz CT molecular complexity index is 845. The van der Waals surface area contributed by atoms with Gasteiger partial charge in [-0.15, -0.1) is 0 Å². The maximum absolute atomic E-state index is 14.8. The van der Waals surface area contributed by atoms with E-state index in [2.05, 4.69) is 5.32 Å². The fraction of sp³-hybridized carbons (Fsp3) is 0.571. The highest BCUT2D eigenvalue weighted by Gasteiger charge is 2.30. The number of hydrogen-bond donors (Lipinski definition) is 1. The molecule has 1 N–H and O–H groups in total. The van der Waals surface area contributed by atoms with Crippen LogP contribution in [0.5, 0.6) is 0 Å². The van der Waals surface area contributed by atoms with Crippen molar-refractivity contribution in [1.29, 1.82) is 0 Å². The van der Waals surface area contributed by atoms with Gasteiger partial charge >= 0.3 is 12.1 Å². The lowest BCUT2D eigenvalue weighted by molar-refractivity contribution is -0.121. The molecule has 9 heteroatoms. The largest absolute Gasteiger partial charge is 0.444 e. The summed E-state index contributed by atoms with van der Waals surface area (Å²) in [6, 6.07) is 1.70. The molecule has 30 heavy (non-hydrogen) atoms. The number of urea groups is 1. The number of imide groups is 1. The SMILES string of the molecule is CC(C)(C)OC(=O)N1CCC(c2cc(F)c(CN3CCC(=O)NC3=O)cc2F)CC1. The first kappa shape index (κ1) is 22.0. The van der Waals surface area contributed by atoms with Crippen molar-refractivity contribution in [2.75, 3.05) is 19.6 Å². The molecule has 2 fully saturated rings. The van der Waals surface area contributed by atoms with Crippen LogP contribution in [0.2, 0.25) is 0 Å². The minimum atomic E-state index is -0.607. The molecule has 2 aliphatic rings. The second kappa shape index (κ2) is 8.57. The molecule has 1 aromatic rings. The summed E-state index contributed by atoms with van der Waals surface area (Å²) in [6.45, 7) is 6.25. The van der Waals surface area contributed by atoms with Crippen LogP contribution in [0.25, 0.3) is 0 Å². The summed E-state index contributed by atoms with van der Waals surface area (Å²) >= 11 is 0. The van der Waals surface area contributed by atoms with Crippen LogP contribution >= 0.6 is 0 Å². The number of likely N-dealkylation sites (tertiary alicyclic amines) is 1. The predicted octanol–water partition coefficient (Wildman–Crippen LogP) is 3.52. The van der Waals surface area contributed by atoms with Crippen LogP contribution in [0.4, 0.5) is 18.4 Å². The molecule has 1 aromatic carbocycles. The van der Waals surface area contributed by atoms with Crippen LogP contribution < -0.4 is 5.32 Å². The van der Waals surface area contributed by atoms with E-state index in [0.29, 0.717) is 25.9 Å². The summed E-state index contributed by atoms with van der Waals surface area (Å²) in [7, 11) is 0. The molecule has 0 unspecified atom stereocenters. The van der Waals surface area contributed by atoms with Gasteiger partial charge in [0.2, 0.25) is 5.91 Å². The average molecular weight is 423 g/mol. The van der Waals surface area contributed by atoms with E-state index in [-0.39, 0.29) is 42.5 Å². The third-order valence-electron chi connectivity index (χ3n) is 5.26. The number of nitrogens with one attached hydrogen (secondary N) is 1. The summed E-state index contributed by atoms with van der Waals surface area (Å²) in [5.41, 5.74) is -0.248. The summed E-state index contributed by atoms with van der Waals surface area (Å²) in [6.07, 6.45) is 0.739. The van der Waals surface area contributed by atoms with Gasteiger partial charge in [0.15, 0.2) is 0 Å². The van der Waals surface area contributed by atoms with E-state index >= 15 is 0 Å². The highest BCUT2D eigenvalue weighted by molar-refractivity contribution is 5.96. The molecular formula is C21H27F2N3O4. The fourth-order valence-corrected chi connectivity index (χ4v) is 3.69. The van der Waals surface area contributed by atoms with E-state index in [1.54, 1.807) is 25.7 Å². The first-order valence-electron chi connectivity index (χ1n) is 10.1. The zero-order valence-corrected chi connectivity index (χ0v) is 17.5. The average Bonchev–Trinajstić information content (AvgIpc) is 2.65. The van der Waals surface area contributed by atoms with E-state index < -0.39 is 29.4 Å². The Morgan fingerprint density at radius 1 is 1.13 bits per heavy atom. The van der Waals surface area contributed by atoms with Gasteiger partial charge in [0.1, 0.15) is 17.2 Å². The third kappa shape index (κ3) is 5.25. The lowest BCUT2D eigenvalue weighted by atomic mass is 9.88. The summed E-state index contributed by atoms with van der Waals surface area (Å²) in [5.74, 6) is -1.71. The maximum atomic E-state index is 14.8. The predicted molar refractivity (Wildman–Crippen MR) is 105 cm³/mol. The van der Waals surface area contributed by atoms with Crippen molar-refractivity contribution in [1.82, 2.24) is 15.1 Å². The van der Waals surface area contributed by atoms with Crippen molar-refractivity contribution < 1.29 is 27.9 Å². The lowest BCUT2D eigenvalue weighted by Crippen LogP contribution is -2.49. The molecular weight excluding hydrogens is 396 g/mol. The van der Waals surface area contributed by atoms with Gasteiger partial charge in [-0.25, -0.2) is 18.4 Å². The highest BCUT2D eigenvalue weighted by Crippen LogP contribution is 2.32. The van der Waals surface area contributed by atoms with Crippen molar-refractivity contribution in [2.45, 2.75) is 58.1 Å². The molecule has 0 radical (unpaired) electrons. The number of rotatable bonds is 3. The lowest BCUT2D eigenvalue weighted by Gasteiger charge is -2.34. The van der Waals surface area contributed by atoms with Crippen molar-refractivity contribution in [3.05, 3.63) is 34.9 Å². The van der Waals surface area contributed by atoms with Crippen molar-refractivity contribution >= 4 is 18.0 Å². The summed E-state index contributed by atoms with van der Waals surface area (Å²) < 4.78 is 34.8. The molecule has 164 valence electrons. The van der Waals surface area contributed by atoms with Crippen molar-refractivity contribution in [3.63, 3.8) is 0 Å². The standard InChI is InChI=1S/C21H27F2N3O4/c1-21(2,3)30-20(29)25-7-4-13(5-8-25)15-11-16(22)14(10-17(15)23)12-26-9-6-18(27)24-19(26)28/h10-11,13H,4-9,12H2,1-3H3,(H,24,27,28). The third-order valence-corrected chi connectivity index (χ3v) is 5.26. The number of hydrogen-bond acceptors (Lipinski definition) is 4. The Labute approximate surface area is 174 Å². The minimum absolute atomic E-state index is 0.0620. The van der Waals surface area contributed by atoms with E-state index in [1.807, 2.05) is 0 Å². The first-order chi connectivity index (χ1) is 14.0. The Hall–Kier alpha value is -2.71. The molecule has 0 aromatic heterocycles. The van der Waals surface area contributed by atoms with E-state index in [1.165, 1.54) is 11.0 Å². The summed E-state index contributed by atoms with van der Waals surface area (Å²) in [5, 5.41) is 2.16. The fourth-order valence-electron chi connectivity index (χ4n) is 3.69. The van der Waals surface area contributed by atoms with Crippen LogP contribution in [0.3, 0.4) is 0 Å². The number of piperidine rings is 1. The van der Waals surface area contributed by atoms with Crippen LogP contribution in [0, 0.1) is 11.6 Å². The van der Waals surface area contributed by atoms with Gasteiger partial charge < -0.3 is 14.5 Å². The Morgan fingerprint density at radius 3 is 2.40 bits per heavy atom.